The van der Waals surface area contributed by atoms with Gasteiger partial charge in [0.05, 0.1) is 13.2 Å². The maximum atomic E-state index is 11.5. The molecule has 1 saturated heterocycles. The minimum Gasteiger partial charge on any atom is -0.479 e. The standard InChI is InChI=1S/C12H12N2O4/c13-5-6-17-10-3-1-9(2-4-10)14-7-11(8-15)18-12(14)16/h1-4,11,15H,6-8H2. The predicted octanol–water partition coefficient (Wildman–Crippen LogP) is 0.906. The number of carbonyl (C=O) groups excluding carboxylic acids is 1. The number of anilines is 1. The molecule has 1 N–H and O–H groups in total. The zero-order valence-corrected chi connectivity index (χ0v) is 9.57. The van der Waals surface area contributed by atoms with Crippen LogP contribution in [0.5, 0.6) is 5.75 Å². The summed E-state index contributed by atoms with van der Waals surface area (Å²) < 4.78 is 10.0. The van der Waals surface area contributed by atoms with Gasteiger partial charge in [-0.1, -0.05) is 0 Å². The molecule has 0 radical (unpaired) electrons. The zero-order valence-electron chi connectivity index (χ0n) is 9.57. The maximum absolute atomic E-state index is 11.5. The van der Waals surface area contributed by atoms with Gasteiger partial charge in [-0.3, -0.25) is 4.90 Å². The molecule has 2 rings (SSSR count). The summed E-state index contributed by atoms with van der Waals surface area (Å²) in [6, 6.07) is 8.62. The van der Waals surface area contributed by atoms with E-state index in [1.165, 1.54) is 4.90 Å². The third-order valence-electron chi connectivity index (χ3n) is 2.53. The Morgan fingerprint density at radius 3 is 2.78 bits per heavy atom. The number of aliphatic hydroxyl groups excluding tert-OH is 1. The second kappa shape index (κ2) is 5.38. The third kappa shape index (κ3) is 2.52. The lowest BCUT2D eigenvalue weighted by Gasteiger charge is -2.13. The molecule has 6 heteroatoms. The van der Waals surface area contributed by atoms with Crippen LogP contribution in [0.1, 0.15) is 0 Å². The van der Waals surface area contributed by atoms with Gasteiger partial charge in [-0.15, -0.1) is 0 Å². The minimum atomic E-state index is -0.480. The van der Waals surface area contributed by atoms with E-state index < -0.39 is 12.2 Å². The van der Waals surface area contributed by atoms with Crippen molar-refractivity contribution in [3.05, 3.63) is 24.3 Å². The van der Waals surface area contributed by atoms with Crippen LogP contribution < -0.4 is 9.64 Å². The average molecular weight is 248 g/mol. The van der Waals surface area contributed by atoms with E-state index in [1.807, 2.05) is 6.07 Å². The zero-order chi connectivity index (χ0) is 13.0. The van der Waals surface area contributed by atoms with Crippen molar-refractivity contribution in [1.29, 1.82) is 5.26 Å². The van der Waals surface area contributed by atoms with Crippen molar-refractivity contribution < 1.29 is 19.4 Å². The maximum Gasteiger partial charge on any atom is 0.414 e. The van der Waals surface area contributed by atoms with Gasteiger partial charge in [0, 0.05) is 5.69 Å². The van der Waals surface area contributed by atoms with E-state index in [0.29, 0.717) is 18.0 Å². The summed E-state index contributed by atoms with van der Waals surface area (Å²) in [7, 11) is 0. The summed E-state index contributed by atoms with van der Waals surface area (Å²) in [5, 5.41) is 17.3. The van der Waals surface area contributed by atoms with Crippen LogP contribution in [0.2, 0.25) is 0 Å². The summed E-state index contributed by atoms with van der Waals surface area (Å²) in [4.78, 5) is 13.0. The highest BCUT2D eigenvalue weighted by atomic mass is 16.6. The number of ether oxygens (including phenoxy) is 2. The van der Waals surface area contributed by atoms with Gasteiger partial charge in [0.15, 0.2) is 6.61 Å². The molecule has 0 saturated carbocycles. The summed E-state index contributed by atoms with van der Waals surface area (Å²) >= 11 is 0. The molecule has 1 heterocycles. The van der Waals surface area contributed by atoms with E-state index in [9.17, 15) is 4.79 Å². The molecule has 1 amide bonds. The minimum absolute atomic E-state index is 0.0162. The molecule has 6 nitrogen and oxygen atoms in total. The second-order valence-corrected chi connectivity index (χ2v) is 3.74. The molecule has 1 aromatic carbocycles. The van der Waals surface area contributed by atoms with E-state index in [0.717, 1.165) is 0 Å². The van der Waals surface area contributed by atoms with Crippen LogP contribution in [-0.4, -0.2) is 37.1 Å². The van der Waals surface area contributed by atoms with Crippen molar-refractivity contribution in [1.82, 2.24) is 0 Å². The SMILES string of the molecule is N#CCOc1ccc(N2CC(CO)OC2=O)cc1. The van der Waals surface area contributed by atoms with Crippen LogP contribution in [0.3, 0.4) is 0 Å². The molecule has 18 heavy (non-hydrogen) atoms. The number of aliphatic hydroxyl groups is 1. The molecular formula is C12H12N2O4. The molecule has 0 aromatic heterocycles. The van der Waals surface area contributed by atoms with E-state index in [-0.39, 0.29) is 13.2 Å². The Bertz CT molecular complexity index is 466. The molecule has 1 unspecified atom stereocenters. The highest BCUT2D eigenvalue weighted by Gasteiger charge is 2.31. The topological polar surface area (TPSA) is 82.8 Å². The fourth-order valence-corrected chi connectivity index (χ4v) is 1.67. The van der Waals surface area contributed by atoms with Crippen LogP contribution in [0.25, 0.3) is 0 Å². The monoisotopic (exact) mass is 248 g/mol. The summed E-state index contributed by atoms with van der Waals surface area (Å²) in [6.07, 6.45) is -0.952. The molecule has 1 fully saturated rings. The Morgan fingerprint density at radius 1 is 1.50 bits per heavy atom. The number of nitrogens with zero attached hydrogens (tertiary/aromatic N) is 2. The molecule has 1 aromatic rings. The smallest absolute Gasteiger partial charge is 0.414 e. The van der Waals surface area contributed by atoms with Gasteiger partial charge in [-0.2, -0.15) is 5.26 Å². The molecule has 94 valence electrons. The lowest BCUT2D eigenvalue weighted by Crippen LogP contribution is -2.25. The normalized spacial score (nSPS) is 18.3. The van der Waals surface area contributed by atoms with Crippen molar-refractivity contribution >= 4 is 11.8 Å². The van der Waals surface area contributed by atoms with Gasteiger partial charge in [-0.05, 0) is 24.3 Å². The van der Waals surface area contributed by atoms with E-state index >= 15 is 0 Å². The van der Waals surface area contributed by atoms with Gasteiger partial charge in [0.25, 0.3) is 0 Å². The van der Waals surface area contributed by atoms with Crippen molar-refractivity contribution in [2.45, 2.75) is 6.10 Å². The summed E-state index contributed by atoms with van der Waals surface area (Å²) in [5.74, 6) is 0.562. The van der Waals surface area contributed by atoms with Crippen molar-refractivity contribution in [3.63, 3.8) is 0 Å². The fraction of sp³-hybridized carbons (Fsp3) is 0.333. The van der Waals surface area contributed by atoms with Gasteiger partial charge in [-0.25, -0.2) is 4.79 Å². The molecule has 1 atom stereocenters. The third-order valence-corrected chi connectivity index (χ3v) is 2.53. The number of cyclic esters (lactones) is 1. The van der Waals surface area contributed by atoms with Crippen LogP contribution >= 0.6 is 0 Å². The quantitative estimate of drug-likeness (QED) is 0.856. The van der Waals surface area contributed by atoms with Gasteiger partial charge < -0.3 is 14.6 Å². The molecule has 1 aliphatic heterocycles. The van der Waals surface area contributed by atoms with Gasteiger partial charge in [0.2, 0.25) is 0 Å². The highest BCUT2D eigenvalue weighted by Crippen LogP contribution is 2.24. The van der Waals surface area contributed by atoms with Crippen LogP contribution in [0.4, 0.5) is 10.5 Å². The van der Waals surface area contributed by atoms with Gasteiger partial charge >= 0.3 is 6.09 Å². The Labute approximate surface area is 104 Å². The number of hydrogen-bond acceptors (Lipinski definition) is 5. The molecule has 1 aliphatic rings. The largest absolute Gasteiger partial charge is 0.479 e. The van der Waals surface area contributed by atoms with E-state index in [2.05, 4.69) is 0 Å². The van der Waals surface area contributed by atoms with Crippen molar-refractivity contribution in [2.24, 2.45) is 0 Å². The van der Waals surface area contributed by atoms with Crippen molar-refractivity contribution in [3.8, 4) is 11.8 Å². The van der Waals surface area contributed by atoms with E-state index in [4.69, 9.17) is 19.8 Å². The summed E-state index contributed by atoms with van der Waals surface area (Å²) in [5.41, 5.74) is 0.667. The van der Waals surface area contributed by atoms with E-state index in [1.54, 1.807) is 24.3 Å². The lowest BCUT2D eigenvalue weighted by atomic mass is 10.2. The average Bonchev–Trinajstić information content (AvgIpc) is 2.78. The fourth-order valence-electron chi connectivity index (χ4n) is 1.67. The van der Waals surface area contributed by atoms with Crippen LogP contribution in [-0.2, 0) is 4.74 Å². The first kappa shape index (κ1) is 12.2. The Kier molecular flexibility index (Phi) is 3.65. The molecular weight excluding hydrogens is 236 g/mol. The predicted molar refractivity (Wildman–Crippen MR) is 62.3 cm³/mol. The Hall–Kier alpha value is -2.26. The Morgan fingerprint density at radius 2 is 2.22 bits per heavy atom. The number of rotatable bonds is 4. The lowest BCUT2D eigenvalue weighted by molar-refractivity contribution is 0.0963. The first-order valence-electron chi connectivity index (χ1n) is 5.43. The molecule has 0 spiro atoms. The molecule has 0 bridgehead atoms. The first-order valence-corrected chi connectivity index (χ1v) is 5.43. The summed E-state index contributed by atoms with van der Waals surface area (Å²) in [6.45, 7) is 0.122. The number of hydrogen-bond donors (Lipinski definition) is 1. The van der Waals surface area contributed by atoms with Crippen LogP contribution in [0, 0.1) is 11.3 Å². The number of carbonyl (C=O) groups is 1. The number of nitriles is 1. The highest BCUT2D eigenvalue weighted by molar-refractivity contribution is 5.89. The Balaban J connectivity index is 2.06. The first-order chi connectivity index (χ1) is 8.74. The van der Waals surface area contributed by atoms with Crippen molar-refractivity contribution in [2.75, 3.05) is 24.7 Å². The second-order valence-electron chi connectivity index (χ2n) is 3.74. The number of benzene rings is 1. The van der Waals surface area contributed by atoms with Gasteiger partial charge in [0.1, 0.15) is 17.9 Å². The number of amides is 1. The molecule has 0 aliphatic carbocycles. The van der Waals surface area contributed by atoms with Crippen LogP contribution in [0.15, 0.2) is 24.3 Å².